The van der Waals surface area contributed by atoms with Gasteiger partial charge in [0.15, 0.2) is 6.61 Å². The van der Waals surface area contributed by atoms with E-state index in [2.05, 4.69) is 26.2 Å². The molecule has 12 heteroatoms. The summed E-state index contributed by atoms with van der Waals surface area (Å²) in [6, 6.07) is 19.3. The summed E-state index contributed by atoms with van der Waals surface area (Å²) < 4.78 is 19.7. The highest BCUT2D eigenvalue weighted by atomic mass is 79.9. The Bertz CT molecular complexity index is 1690. The van der Waals surface area contributed by atoms with Crippen molar-refractivity contribution in [2.45, 2.75) is 16.2 Å². The fourth-order valence-electron chi connectivity index (χ4n) is 4.90. The maximum atomic E-state index is 13.8. The van der Waals surface area contributed by atoms with Crippen molar-refractivity contribution >= 4 is 68.1 Å². The predicted molar refractivity (Wildman–Crippen MR) is 154 cm³/mol. The molecule has 1 aromatic heterocycles. The molecule has 6 rings (SSSR count). The number of nitrogens with one attached hydrogen (secondary N) is 2. The first-order valence-electron chi connectivity index (χ1n) is 12.1. The van der Waals surface area contributed by atoms with E-state index < -0.39 is 28.8 Å². The molecule has 1 fully saturated rings. The van der Waals surface area contributed by atoms with Crippen molar-refractivity contribution in [3.8, 4) is 5.75 Å². The van der Waals surface area contributed by atoms with Gasteiger partial charge in [0.1, 0.15) is 16.8 Å². The highest BCUT2D eigenvalue weighted by molar-refractivity contribution is 9.10. The lowest BCUT2D eigenvalue weighted by Gasteiger charge is -2.30. The van der Waals surface area contributed by atoms with Crippen LogP contribution in [0.4, 0.5) is 15.8 Å². The smallest absolute Gasteiger partial charge is 0.305 e. The lowest BCUT2D eigenvalue weighted by molar-refractivity contribution is -0.122. The number of imide groups is 1. The number of carbonyl (C=O) groups is 3. The fraction of sp³-hybridized carbons (Fsp3) is 0.143. The number of aromatic amines is 1. The fourth-order valence-corrected chi connectivity index (χ4v) is 7.68. The summed E-state index contributed by atoms with van der Waals surface area (Å²) in [7, 11) is 0. The molecule has 2 unspecified atom stereocenters. The molecule has 2 aliphatic heterocycles. The lowest BCUT2D eigenvalue weighted by Crippen LogP contribution is -2.32. The first-order chi connectivity index (χ1) is 19.3. The Morgan fingerprint density at radius 1 is 1.02 bits per heavy atom. The second-order valence-electron chi connectivity index (χ2n) is 9.15. The summed E-state index contributed by atoms with van der Waals surface area (Å²) in [4.78, 5) is 56.5. The summed E-state index contributed by atoms with van der Waals surface area (Å²) in [5, 5.41) is 2.49. The second kappa shape index (κ2) is 10.7. The van der Waals surface area contributed by atoms with Crippen molar-refractivity contribution in [2.24, 2.45) is 5.92 Å². The molecule has 3 aromatic carbocycles. The molecule has 40 heavy (non-hydrogen) atoms. The van der Waals surface area contributed by atoms with E-state index in [4.69, 9.17) is 4.74 Å². The van der Waals surface area contributed by atoms with Gasteiger partial charge in [-0.25, -0.2) is 9.29 Å². The van der Waals surface area contributed by atoms with E-state index >= 15 is 0 Å². The molecule has 0 spiro atoms. The minimum Gasteiger partial charge on any atom is -0.484 e. The number of nitrogens with zero attached hydrogens (tertiary/aromatic N) is 1. The number of hydrogen-bond donors (Lipinski definition) is 2. The molecule has 1 saturated heterocycles. The zero-order chi connectivity index (χ0) is 28.0. The largest absolute Gasteiger partial charge is 0.484 e. The SMILES string of the molecule is O=C(COc1cccc([C@H]2c3sc(=O)[nH]c3SC3C(=O)N(c4ccc(Br)cc4)C(=O)C32)c1)Nc1ccc(F)cc1. The molecule has 3 atom stereocenters. The summed E-state index contributed by atoms with van der Waals surface area (Å²) >= 11 is 5.60. The van der Waals surface area contributed by atoms with Crippen molar-refractivity contribution in [1.82, 2.24) is 4.98 Å². The Balaban J connectivity index is 1.28. The van der Waals surface area contributed by atoms with Gasteiger partial charge in [0.25, 0.3) is 5.91 Å². The molecule has 202 valence electrons. The predicted octanol–water partition coefficient (Wildman–Crippen LogP) is 5.15. The van der Waals surface area contributed by atoms with Crippen LogP contribution in [0.3, 0.4) is 0 Å². The molecule has 2 aliphatic rings. The van der Waals surface area contributed by atoms with Gasteiger partial charge >= 0.3 is 4.87 Å². The van der Waals surface area contributed by atoms with Gasteiger partial charge < -0.3 is 15.0 Å². The molecule has 4 aromatic rings. The summed E-state index contributed by atoms with van der Waals surface area (Å²) in [5.41, 5.74) is 1.60. The van der Waals surface area contributed by atoms with Crippen molar-refractivity contribution in [1.29, 1.82) is 0 Å². The molecule has 8 nitrogen and oxygen atoms in total. The number of halogens is 2. The minimum absolute atomic E-state index is 0.267. The van der Waals surface area contributed by atoms with Crippen LogP contribution in [0.2, 0.25) is 0 Å². The molecular weight excluding hydrogens is 621 g/mol. The van der Waals surface area contributed by atoms with Crippen molar-refractivity contribution in [3.63, 3.8) is 0 Å². The topological polar surface area (TPSA) is 109 Å². The quantitative estimate of drug-likeness (QED) is 0.283. The molecule has 0 bridgehead atoms. The van der Waals surface area contributed by atoms with Crippen LogP contribution < -0.4 is 19.8 Å². The Morgan fingerprint density at radius 3 is 2.52 bits per heavy atom. The van der Waals surface area contributed by atoms with Crippen LogP contribution in [-0.4, -0.2) is 34.6 Å². The Kier molecular flexibility index (Phi) is 7.07. The minimum atomic E-state index is -0.739. The first kappa shape index (κ1) is 26.5. The summed E-state index contributed by atoms with van der Waals surface area (Å²) in [6.45, 7) is -0.301. The number of thioether (sulfide) groups is 1. The number of fused-ring (bicyclic) bond motifs is 2. The van der Waals surface area contributed by atoms with Gasteiger partial charge in [-0.15, -0.1) is 0 Å². The number of rotatable bonds is 6. The zero-order valence-electron chi connectivity index (χ0n) is 20.4. The number of amides is 3. The third-order valence-corrected chi connectivity index (χ3v) is 9.55. The van der Waals surface area contributed by atoms with Crippen LogP contribution in [0.5, 0.6) is 5.75 Å². The van der Waals surface area contributed by atoms with Crippen LogP contribution in [0.25, 0.3) is 0 Å². The Labute approximate surface area is 243 Å². The normalized spacial score (nSPS) is 19.8. The molecule has 0 aliphatic carbocycles. The lowest BCUT2D eigenvalue weighted by atomic mass is 9.83. The van der Waals surface area contributed by atoms with Gasteiger partial charge in [0.2, 0.25) is 11.8 Å². The zero-order valence-corrected chi connectivity index (χ0v) is 23.6. The number of ether oxygens (including phenoxy) is 1. The van der Waals surface area contributed by atoms with Crippen LogP contribution in [0, 0.1) is 11.7 Å². The average Bonchev–Trinajstić information content (AvgIpc) is 3.43. The standard InChI is InChI=1S/C28H19BrFN3O5S2/c29-15-4-10-18(11-5-15)33-26(35)22-21(23-25(32-28(37)40-23)39-24(22)27(33)36)14-2-1-3-19(12-14)38-13-20(34)31-17-8-6-16(30)7-9-17/h1-12,21-22,24H,13H2,(H,31,34)(H,32,37)/t21-,22?,24?/m1/s1. The van der Waals surface area contributed by atoms with Crippen LogP contribution in [-0.2, 0) is 14.4 Å². The maximum absolute atomic E-state index is 13.8. The molecule has 0 saturated carbocycles. The number of benzene rings is 3. The van der Waals surface area contributed by atoms with E-state index in [0.29, 0.717) is 32.6 Å². The van der Waals surface area contributed by atoms with E-state index in [1.54, 1.807) is 42.5 Å². The number of H-pyrrole nitrogens is 1. The van der Waals surface area contributed by atoms with Gasteiger partial charge in [0, 0.05) is 21.0 Å². The number of carbonyl (C=O) groups excluding carboxylic acids is 3. The van der Waals surface area contributed by atoms with Gasteiger partial charge in [-0.1, -0.05) is 51.2 Å². The highest BCUT2D eigenvalue weighted by Crippen LogP contribution is 2.53. The molecule has 3 amide bonds. The number of thiazole rings is 1. The van der Waals surface area contributed by atoms with Crippen LogP contribution in [0.1, 0.15) is 16.4 Å². The van der Waals surface area contributed by atoms with E-state index in [0.717, 1.165) is 15.8 Å². The van der Waals surface area contributed by atoms with E-state index in [9.17, 15) is 23.6 Å². The van der Waals surface area contributed by atoms with Crippen molar-refractivity contribution < 1.29 is 23.5 Å². The third-order valence-electron chi connectivity index (χ3n) is 6.62. The number of aromatic nitrogens is 1. The molecular formula is C28H19BrFN3O5S2. The summed E-state index contributed by atoms with van der Waals surface area (Å²) in [6.07, 6.45) is 0. The van der Waals surface area contributed by atoms with Crippen LogP contribution >= 0.6 is 39.0 Å². The van der Waals surface area contributed by atoms with Crippen LogP contribution in [0.15, 0.2) is 87.1 Å². The van der Waals surface area contributed by atoms with Gasteiger partial charge in [-0.2, -0.15) is 0 Å². The Hall–Kier alpha value is -3.74. The third kappa shape index (κ3) is 4.98. The van der Waals surface area contributed by atoms with E-state index in [-0.39, 0.29) is 23.3 Å². The van der Waals surface area contributed by atoms with E-state index in [1.165, 1.54) is 40.9 Å². The second-order valence-corrected chi connectivity index (χ2v) is 12.2. The highest BCUT2D eigenvalue weighted by Gasteiger charge is 2.56. The average molecular weight is 641 g/mol. The number of anilines is 2. The van der Waals surface area contributed by atoms with Crippen molar-refractivity contribution in [2.75, 3.05) is 16.8 Å². The number of hydrogen-bond acceptors (Lipinski definition) is 7. The summed E-state index contributed by atoms with van der Waals surface area (Å²) in [5.74, 6) is -2.45. The molecule has 3 heterocycles. The van der Waals surface area contributed by atoms with Gasteiger partial charge in [0.05, 0.1) is 16.6 Å². The maximum Gasteiger partial charge on any atom is 0.305 e. The van der Waals surface area contributed by atoms with Gasteiger partial charge in [-0.3, -0.25) is 19.2 Å². The molecule has 0 radical (unpaired) electrons. The van der Waals surface area contributed by atoms with Crippen molar-refractivity contribution in [3.05, 3.63) is 103 Å². The monoisotopic (exact) mass is 639 g/mol. The Morgan fingerprint density at radius 2 is 1.77 bits per heavy atom. The first-order valence-corrected chi connectivity index (χ1v) is 14.6. The molecule has 2 N–H and O–H groups in total. The van der Waals surface area contributed by atoms with E-state index in [1.807, 2.05) is 6.07 Å². The van der Waals surface area contributed by atoms with Gasteiger partial charge in [-0.05, 0) is 66.2 Å².